The summed E-state index contributed by atoms with van der Waals surface area (Å²) in [5.74, 6) is 1.83. The first-order valence-corrected chi connectivity index (χ1v) is 7.94. The average molecular weight is 302 g/mol. The van der Waals surface area contributed by atoms with Crippen molar-refractivity contribution in [3.63, 3.8) is 0 Å². The largest absolute Gasteiger partial charge is 0.454 e. The third-order valence-corrected chi connectivity index (χ3v) is 5.80. The molecule has 1 unspecified atom stereocenters. The van der Waals surface area contributed by atoms with Crippen LogP contribution < -0.4 is 14.4 Å². The van der Waals surface area contributed by atoms with Gasteiger partial charge in [0.15, 0.2) is 11.5 Å². The Morgan fingerprint density at radius 1 is 1.32 bits per heavy atom. The molecule has 0 saturated carbocycles. The third kappa shape index (κ3) is 1.44. The van der Waals surface area contributed by atoms with E-state index in [-0.39, 0.29) is 17.7 Å². The molecule has 0 spiro atoms. The molecule has 116 valence electrons. The molecule has 3 heterocycles. The van der Waals surface area contributed by atoms with Crippen molar-refractivity contribution in [1.82, 2.24) is 0 Å². The minimum absolute atomic E-state index is 0.170. The van der Waals surface area contributed by atoms with Crippen LogP contribution >= 0.6 is 0 Å². The van der Waals surface area contributed by atoms with Crippen LogP contribution in [0.2, 0.25) is 0 Å². The Hall–Kier alpha value is -1.56. The highest BCUT2D eigenvalue weighted by Gasteiger charge is 2.61. The molecule has 2 N–H and O–H groups in total. The number of rotatable bonds is 1. The molecular weight excluding hydrogens is 282 g/mol. The number of hydrogen-bond acceptors (Lipinski definition) is 4. The lowest BCUT2D eigenvalue weighted by Gasteiger charge is -2.47. The molecule has 0 amide bonds. The predicted octanol–water partition coefficient (Wildman–Crippen LogP) is 0.335. The van der Waals surface area contributed by atoms with Crippen LogP contribution in [-0.4, -0.2) is 37.4 Å². The molecule has 1 fully saturated rings. The lowest BCUT2D eigenvalue weighted by atomic mass is 9.72. The molecule has 5 rings (SSSR count). The molecule has 1 aromatic rings. The smallest absolute Gasteiger partial charge is 0.231 e. The number of benzene rings is 1. The van der Waals surface area contributed by atoms with Gasteiger partial charge in [-0.1, -0.05) is 0 Å². The maximum atomic E-state index is 10.3. The van der Waals surface area contributed by atoms with Gasteiger partial charge in [-0.2, -0.15) is 0 Å². The van der Waals surface area contributed by atoms with Gasteiger partial charge in [0.1, 0.15) is 6.54 Å². The Morgan fingerprint density at radius 2 is 2.14 bits per heavy atom. The van der Waals surface area contributed by atoms with Crippen LogP contribution in [0.1, 0.15) is 29.9 Å². The van der Waals surface area contributed by atoms with Crippen molar-refractivity contribution in [3.05, 3.63) is 34.9 Å². The van der Waals surface area contributed by atoms with Crippen LogP contribution in [0.15, 0.2) is 23.8 Å². The predicted molar refractivity (Wildman–Crippen MR) is 77.9 cm³/mol. The zero-order chi connectivity index (χ0) is 14.9. The number of aliphatic hydroxyl groups excluding tert-OH is 1. The topological polar surface area (TPSA) is 52.4 Å². The van der Waals surface area contributed by atoms with Crippen LogP contribution in [-0.2, 0) is 11.3 Å². The third-order valence-electron chi connectivity index (χ3n) is 5.80. The summed E-state index contributed by atoms with van der Waals surface area (Å²) in [5, 5.41) is 10.3. The van der Waals surface area contributed by atoms with E-state index < -0.39 is 0 Å². The molecule has 0 radical (unpaired) electrons. The summed E-state index contributed by atoms with van der Waals surface area (Å²) in [6.45, 7) is 2.28. The Morgan fingerprint density at radius 3 is 2.95 bits per heavy atom. The van der Waals surface area contributed by atoms with Crippen LogP contribution in [0.25, 0.3) is 0 Å². The molecule has 1 aliphatic carbocycles. The maximum Gasteiger partial charge on any atom is 0.231 e. The second-order valence-corrected chi connectivity index (χ2v) is 6.67. The van der Waals surface area contributed by atoms with E-state index in [0.717, 1.165) is 31.0 Å². The van der Waals surface area contributed by atoms with Crippen molar-refractivity contribution < 1.29 is 24.2 Å². The summed E-state index contributed by atoms with van der Waals surface area (Å²) < 4.78 is 17.2. The molecule has 1 aromatic carbocycles. The zero-order valence-corrected chi connectivity index (χ0v) is 12.6. The monoisotopic (exact) mass is 302 g/mol. The number of fused-ring (bicyclic) bond motifs is 3. The number of ether oxygens (including phenoxy) is 3. The van der Waals surface area contributed by atoms with Crippen LogP contribution in [0, 0.1) is 0 Å². The van der Waals surface area contributed by atoms with Gasteiger partial charge in [0.05, 0.1) is 18.6 Å². The van der Waals surface area contributed by atoms with Gasteiger partial charge in [-0.3, -0.25) is 4.90 Å². The number of methoxy groups -OCH3 is 1. The van der Waals surface area contributed by atoms with E-state index in [1.165, 1.54) is 21.6 Å². The zero-order valence-electron chi connectivity index (χ0n) is 12.6. The Kier molecular flexibility index (Phi) is 2.50. The van der Waals surface area contributed by atoms with Crippen molar-refractivity contribution in [2.24, 2.45) is 0 Å². The Labute approximate surface area is 129 Å². The first-order chi connectivity index (χ1) is 10.7. The number of hydrogen-bond donors (Lipinski definition) is 2. The van der Waals surface area contributed by atoms with E-state index in [0.29, 0.717) is 13.2 Å². The number of aliphatic hydroxyl groups is 1. The second kappa shape index (κ2) is 4.25. The fraction of sp³-hybridized carbons (Fsp3) is 0.529. The molecule has 5 heteroatoms. The Balaban J connectivity index is 1.72. The molecule has 3 aliphatic heterocycles. The first-order valence-electron chi connectivity index (χ1n) is 7.94. The summed E-state index contributed by atoms with van der Waals surface area (Å²) >= 11 is 0. The molecule has 1 saturated heterocycles. The van der Waals surface area contributed by atoms with E-state index in [9.17, 15) is 5.11 Å². The molecule has 4 atom stereocenters. The van der Waals surface area contributed by atoms with E-state index in [1.54, 1.807) is 0 Å². The molecule has 0 aromatic heterocycles. The first kappa shape index (κ1) is 12.9. The number of nitrogens with one attached hydrogen (secondary N) is 1. The van der Waals surface area contributed by atoms with Crippen LogP contribution in [0.3, 0.4) is 0 Å². The maximum absolute atomic E-state index is 10.3. The van der Waals surface area contributed by atoms with Crippen molar-refractivity contribution >= 4 is 0 Å². The van der Waals surface area contributed by atoms with Crippen molar-refractivity contribution in [2.75, 3.05) is 20.4 Å². The highest BCUT2D eigenvalue weighted by Crippen LogP contribution is 2.49. The Bertz CT molecular complexity index is 685. The minimum Gasteiger partial charge on any atom is -0.454 e. The summed E-state index contributed by atoms with van der Waals surface area (Å²) in [4.78, 5) is 1.45. The van der Waals surface area contributed by atoms with Gasteiger partial charge < -0.3 is 19.3 Å². The summed E-state index contributed by atoms with van der Waals surface area (Å²) in [7, 11) is 1.81. The molecule has 0 bridgehead atoms. The molecule has 4 aliphatic rings. The van der Waals surface area contributed by atoms with Crippen molar-refractivity contribution in [2.45, 2.75) is 37.1 Å². The SMILES string of the molecule is CO[C@@]12C3=C[C@H](O)C[C@@H]1c1cc4c(cc1C[NH+]2CC3)OCO4. The van der Waals surface area contributed by atoms with Gasteiger partial charge in [0, 0.05) is 24.7 Å². The van der Waals surface area contributed by atoms with E-state index >= 15 is 0 Å². The van der Waals surface area contributed by atoms with Gasteiger partial charge in [0.25, 0.3) is 0 Å². The van der Waals surface area contributed by atoms with E-state index in [1.807, 2.05) is 13.2 Å². The van der Waals surface area contributed by atoms with Gasteiger partial charge in [-0.15, -0.1) is 0 Å². The summed E-state index contributed by atoms with van der Waals surface area (Å²) in [6, 6.07) is 4.22. The molecule has 22 heavy (non-hydrogen) atoms. The van der Waals surface area contributed by atoms with Crippen molar-refractivity contribution in [3.8, 4) is 11.5 Å². The van der Waals surface area contributed by atoms with E-state index in [4.69, 9.17) is 14.2 Å². The fourth-order valence-electron chi connectivity index (χ4n) is 4.96. The van der Waals surface area contributed by atoms with Gasteiger partial charge >= 0.3 is 0 Å². The summed E-state index contributed by atoms with van der Waals surface area (Å²) in [5.41, 5.74) is 3.51. The molecule has 5 nitrogen and oxygen atoms in total. The van der Waals surface area contributed by atoms with Gasteiger partial charge in [-0.05, 0) is 30.2 Å². The highest BCUT2D eigenvalue weighted by molar-refractivity contribution is 5.52. The van der Waals surface area contributed by atoms with Crippen LogP contribution in [0.4, 0.5) is 0 Å². The van der Waals surface area contributed by atoms with Crippen LogP contribution in [0.5, 0.6) is 11.5 Å². The normalized spacial score (nSPS) is 37.5. The highest BCUT2D eigenvalue weighted by atomic mass is 16.7. The van der Waals surface area contributed by atoms with Crippen molar-refractivity contribution in [1.29, 1.82) is 0 Å². The average Bonchev–Trinajstić information content (AvgIpc) is 3.10. The van der Waals surface area contributed by atoms with Gasteiger partial charge in [-0.25, -0.2) is 0 Å². The lowest BCUT2D eigenvalue weighted by molar-refractivity contribution is -0.978. The second-order valence-electron chi connectivity index (χ2n) is 6.67. The summed E-state index contributed by atoms with van der Waals surface area (Å²) in [6.07, 6.45) is 3.33. The number of quaternary nitrogens is 1. The lowest BCUT2D eigenvalue weighted by Crippen LogP contribution is -3.19. The molecular formula is C17H20NO4+. The van der Waals surface area contributed by atoms with E-state index in [2.05, 4.69) is 12.1 Å². The fourth-order valence-corrected chi connectivity index (χ4v) is 4.96. The standard InChI is InChI=1S/C17H19NO4/c1-20-17-11-2-3-18(17)8-10-4-15-16(22-9-21-15)7-13(10)14(17)6-12(19)5-11/h4-5,7,12,14,19H,2-3,6,8-9H2,1H3/p+1/t12-,14+,17-/m0/s1. The quantitative estimate of drug-likeness (QED) is 0.734. The van der Waals surface area contributed by atoms with Gasteiger partial charge in [0.2, 0.25) is 12.5 Å². The minimum atomic E-state index is -0.390.